The number of hydrogen-bond donors (Lipinski definition) is 0. The summed E-state index contributed by atoms with van der Waals surface area (Å²) in [5, 5.41) is 9.55. The Morgan fingerprint density at radius 1 is 2.00 bits per heavy atom. The van der Waals surface area contributed by atoms with E-state index in [4.69, 9.17) is 11.6 Å². The van der Waals surface area contributed by atoms with Gasteiger partial charge in [-0.3, -0.25) is 0 Å². The van der Waals surface area contributed by atoms with Crippen LogP contribution in [0.2, 0.25) is 0 Å². The summed E-state index contributed by atoms with van der Waals surface area (Å²) in [6.45, 7) is -0.260. The van der Waals surface area contributed by atoms with E-state index >= 15 is 0 Å². The van der Waals surface area contributed by atoms with Crippen LogP contribution in [-0.2, 0) is 5.11 Å². The van der Waals surface area contributed by atoms with Crippen molar-refractivity contribution in [3.05, 3.63) is 10.0 Å². The Morgan fingerprint density at radius 3 is 2.50 bits per heavy atom. The molecule has 1 radical (unpaired) electrons. The zero-order valence-electron chi connectivity index (χ0n) is 2.95. The summed E-state index contributed by atoms with van der Waals surface area (Å²) < 4.78 is 0.387. The van der Waals surface area contributed by atoms with Gasteiger partial charge >= 0.3 is 0 Å². The molecule has 0 bridgehead atoms. The minimum Gasteiger partial charge on any atom is -0.232 e. The monoisotopic (exact) mass is 169 g/mol. The van der Waals surface area contributed by atoms with Gasteiger partial charge in [-0.15, -0.1) is 0 Å². The second-order valence-electron chi connectivity index (χ2n) is 0.660. The highest BCUT2D eigenvalue weighted by atomic mass is 79.9. The van der Waals surface area contributed by atoms with Crippen molar-refractivity contribution in [2.24, 2.45) is 0 Å². The molecule has 0 aromatic carbocycles. The molecule has 35 valence electrons. The van der Waals surface area contributed by atoms with Crippen molar-refractivity contribution < 1.29 is 5.11 Å². The molecule has 0 aromatic rings. The second-order valence-corrected chi connectivity index (χ2v) is 2.38. The summed E-state index contributed by atoms with van der Waals surface area (Å²) in [4.78, 5) is 0. The Labute approximate surface area is 49.7 Å². The van der Waals surface area contributed by atoms with E-state index in [0.29, 0.717) is 3.94 Å². The standard InChI is InChI=1S/C3H3BrClO/c4-3(5)1-2-6/h1H,2H2. The van der Waals surface area contributed by atoms with Gasteiger partial charge < -0.3 is 0 Å². The molecule has 0 heterocycles. The van der Waals surface area contributed by atoms with Crippen molar-refractivity contribution in [1.82, 2.24) is 0 Å². The van der Waals surface area contributed by atoms with Crippen LogP contribution in [0.15, 0.2) is 10.0 Å². The number of rotatable bonds is 1. The minimum atomic E-state index is -0.260. The third kappa shape index (κ3) is 4.47. The number of hydrogen-bond acceptors (Lipinski definition) is 0. The molecule has 0 saturated heterocycles. The van der Waals surface area contributed by atoms with E-state index in [1.54, 1.807) is 0 Å². The van der Waals surface area contributed by atoms with Gasteiger partial charge in [-0.2, -0.15) is 0 Å². The normalized spacial score (nSPS) is 12.2. The highest BCUT2D eigenvalue weighted by molar-refractivity contribution is 9.12. The summed E-state index contributed by atoms with van der Waals surface area (Å²) in [7, 11) is 0. The van der Waals surface area contributed by atoms with Crippen LogP contribution in [0.3, 0.4) is 0 Å². The molecule has 0 N–H and O–H groups in total. The second kappa shape index (κ2) is 3.65. The third-order valence-corrected chi connectivity index (χ3v) is 0.716. The van der Waals surface area contributed by atoms with Crippen LogP contribution in [-0.4, -0.2) is 6.61 Å². The highest BCUT2D eigenvalue weighted by Gasteiger charge is 1.75. The quantitative estimate of drug-likeness (QED) is 0.573. The summed E-state index contributed by atoms with van der Waals surface area (Å²) in [5.41, 5.74) is 0. The first-order valence-electron chi connectivity index (χ1n) is 1.36. The molecule has 0 aliphatic rings. The average Bonchev–Trinajstić information content (AvgIpc) is 1.35. The van der Waals surface area contributed by atoms with E-state index < -0.39 is 0 Å². The maximum atomic E-state index is 9.55. The highest BCUT2D eigenvalue weighted by Crippen LogP contribution is 2.07. The molecule has 0 unspecified atom stereocenters. The molecule has 3 heteroatoms. The van der Waals surface area contributed by atoms with Crippen molar-refractivity contribution in [2.75, 3.05) is 6.61 Å². The maximum absolute atomic E-state index is 9.55. The van der Waals surface area contributed by atoms with Crippen LogP contribution < -0.4 is 0 Å². The topological polar surface area (TPSA) is 19.9 Å². The van der Waals surface area contributed by atoms with Crippen molar-refractivity contribution in [3.63, 3.8) is 0 Å². The molecule has 0 aliphatic carbocycles. The van der Waals surface area contributed by atoms with E-state index in [9.17, 15) is 5.11 Å². The van der Waals surface area contributed by atoms with Crippen LogP contribution in [0.25, 0.3) is 0 Å². The lowest BCUT2D eigenvalue weighted by Crippen LogP contribution is -1.64. The van der Waals surface area contributed by atoms with E-state index in [0.717, 1.165) is 0 Å². The first kappa shape index (κ1) is 6.47. The lowest BCUT2D eigenvalue weighted by Gasteiger charge is -1.72. The van der Waals surface area contributed by atoms with Crippen LogP contribution in [0, 0.1) is 0 Å². The van der Waals surface area contributed by atoms with E-state index in [1.165, 1.54) is 6.08 Å². The molecular formula is C3H3BrClO. The molecule has 6 heavy (non-hydrogen) atoms. The SMILES string of the molecule is [O]CC=C(Cl)Br. The van der Waals surface area contributed by atoms with Crippen LogP contribution in [0.4, 0.5) is 0 Å². The fraction of sp³-hybridized carbons (Fsp3) is 0.333. The van der Waals surface area contributed by atoms with Crippen LogP contribution in [0.1, 0.15) is 0 Å². The summed E-state index contributed by atoms with van der Waals surface area (Å²) in [6.07, 6.45) is 1.33. The van der Waals surface area contributed by atoms with Crippen LogP contribution >= 0.6 is 27.5 Å². The lowest BCUT2D eigenvalue weighted by molar-refractivity contribution is 0.232. The molecule has 0 spiro atoms. The predicted molar refractivity (Wildman–Crippen MR) is 28.4 cm³/mol. The van der Waals surface area contributed by atoms with Gasteiger partial charge in [-0.05, 0) is 22.0 Å². The first-order valence-corrected chi connectivity index (χ1v) is 2.53. The fourth-order valence-electron chi connectivity index (χ4n) is 0.0630. The Morgan fingerprint density at radius 2 is 2.50 bits per heavy atom. The Hall–Kier alpha value is 0.470. The summed E-state index contributed by atoms with van der Waals surface area (Å²) >= 11 is 8.02. The van der Waals surface area contributed by atoms with Gasteiger partial charge in [0.25, 0.3) is 0 Å². The van der Waals surface area contributed by atoms with Crippen molar-refractivity contribution in [3.8, 4) is 0 Å². The Bertz CT molecular complexity index is 57.8. The molecule has 0 atom stereocenters. The van der Waals surface area contributed by atoms with E-state index in [-0.39, 0.29) is 6.61 Å². The summed E-state index contributed by atoms with van der Waals surface area (Å²) in [5.74, 6) is 0. The van der Waals surface area contributed by atoms with Crippen molar-refractivity contribution >= 4 is 27.5 Å². The molecule has 1 nitrogen and oxygen atoms in total. The van der Waals surface area contributed by atoms with Crippen LogP contribution in [0.5, 0.6) is 0 Å². The molecular weight excluding hydrogens is 167 g/mol. The molecule has 0 saturated carbocycles. The summed E-state index contributed by atoms with van der Waals surface area (Å²) in [6, 6.07) is 0. The van der Waals surface area contributed by atoms with E-state index in [2.05, 4.69) is 15.9 Å². The Kier molecular flexibility index (Phi) is 3.94. The third-order valence-electron chi connectivity index (χ3n) is 0.238. The average molecular weight is 170 g/mol. The smallest absolute Gasteiger partial charge is 0.103 e. The number of halogens is 2. The van der Waals surface area contributed by atoms with Crippen molar-refractivity contribution in [2.45, 2.75) is 0 Å². The zero-order chi connectivity index (χ0) is 4.99. The molecule has 0 amide bonds. The van der Waals surface area contributed by atoms with Gasteiger partial charge in [-0.1, -0.05) is 11.6 Å². The molecule has 0 aromatic heterocycles. The maximum Gasteiger partial charge on any atom is 0.103 e. The minimum absolute atomic E-state index is 0.260. The first-order chi connectivity index (χ1) is 2.77. The predicted octanol–water partition coefficient (Wildman–Crippen LogP) is 1.89. The molecule has 0 rings (SSSR count). The lowest BCUT2D eigenvalue weighted by atomic mass is 10.7. The molecule has 0 aliphatic heterocycles. The molecule has 0 fully saturated rings. The van der Waals surface area contributed by atoms with Gasteiger partial charge in [0.15, 0.2) is 0 Å². The van der Waals surface area contributed by atoms with Crippen molar-refractivity contribution in [1.29, 1.82) is 0 Å². The van der Waals surface area contributed by atoms with Gasteiger partial charge in [0.1, 0.15) is 6.61 Å². The largest absolute Gasteiger partial charge is 0.232 e. The Balaban J connectivity index is 3.14. The fourth-order valence-corrected chi connectivity index (χ4v) is 0.258. The van der Waals surface area contributed by atoms with E-state index in [1.807, 2.05) is 0 Å². The van der Waals surface area contributed by atoms with Gasteiger partial charge in [-0.25, -0.2) is 5.11 Å². The van der Waals surface area contributed by atoms with Gasteiger partial charge in [0.05, 0.1) is 3.94 Å². The van der Waals surface area contributed by atoms with Gasteiger partial charge in [0.2, 0.25) is 0 Å². The van der Waals surface area contributed by atoms with Gasteiger partial charge in [0, 0.05) is 0 Å². The zero-order valence-corrected chi connectivity index (χ0v) is 5.29.